The van der Waals surface area contributed by atoms with Gasteiger partial charge in [-0.1, -0.05) is 11.6 Å². The number of aromatic nitrogens is 1. The maximum Gasteiger partial charge on any atom is 0.267 e. The number of carbonyl (C=O) groups is 1. The highest BCUT2D eigenvalue weighted by atomic mass is 35.5. The number of halogens is 1. The second-order valence-corrected chi connectivity index (χ2v) is 9.46. The molecule has 0 unspecified atom stereocenters. The number of nitrogens with one attached hydrogen (secondary N) is 2. The first kappa shape index (κ1) is 19.3. The Balaban J connectivity index is 1.51. The first-order valence-electron chi connectivity index (χ1n) is 8.32. The number of H-pyrrole nitrogens is 1. The first-order valence-corrected chi connectivity index (χ1v) is 11.1. The van der Waals surface area contributed by atoms with Crippen molar-refractivity contribution in [1.82, 2.24) is 14.6 Å². The molecule has 2 heterocycles. The van der Waals surface area contributed by atoms with Gasteiger partial charge in [-0.25, -0.2) is 8.42 Å². The van der Waals surface area contributed by atoms with Crippen molar-refractivity contribution in [1.29, 1.82) is 0 Å². The van der Waals surface area contributed by atoms with Gasteiger partial charge in [0.1, 0.15) is 10.6 Å². The molecule has 1 aliphatic rings. The average molecular weight is 414 g/mol. The van der Waals surface area contributed by atoms with Crippen molar-refractivity contribution in [3.8, 4) is 0 Å². The summed E-state index contributed by atoms with van der Waals surface area (Å²) in [6.45, 7) is 1.55. The number of hydrogen-bond acceptors (Lipinski definition) is 4. The lowest BCUT2D eigenvalue weighted by Gasteiger charge is -2.13. The predicted molar refractivity (Wildman–Crippen MR) is 103 cm³/mol. The summed E-state index contributed by atoms with van der Waals surface area (Å²) in [6, 6.07) is 8.90. The molecule has 140 valence electrons. The van der Waals surface area contributed by atoms with Gasteiger partial charge in [-0.05, 0) is 43.2 Å². The highest BCUT2D eigenvalue weighted by Gasteiger charge is 2.28. The van der Waals surface area contributed by atoms with E-state index in [1.54, 1.807) is 11.8 Å². The number of thioether (sulfide) groups is 1. The van der Waals surface area contributed by atoms with Crippen molar-refractivity contribution in [3.05, 3.63) is 47.2 Å². The summed E-state index contributed by atoms with van der Waals surface area (Å²) < 4.78 is 26.4. The van der Waals surface area contributed by atoms with Crippen LogP contribution in [-0.4, -0.2) is 49.0 Å². The Morgan fingerprint density at radius 2 is 1.92 bits per heavy atom. The SMILES string of the molecule is O=C(NCCSc1ccc(Cl)cc1)c1cc(S(=O)(=O)N2CCCC2)c[nH]1. The summed E-state index contributed by atoms with van der Waals surface area (Å²) in [4.78, 5) is 16.2. The van der Waals surface area contributed by atoms with E-state index in [9.17, 15) is 13.2 Å². The fraction of sp³-hybridized carbons (Fsp3) is 0.353. The quantitative estimate of drug-likeness (QED) is 0.540. The number of aromatic amines is 1. The molecule has 1 amide bonds. The lowest BCUT2D eigenvalue weighted by atomic mass is 10.4. The minimum atomic E-state index is -3.51. The molecule has 0 bridgehead atoms. The Labute approximate surface area is 162 Å². The molecule has 0 atom stereocenters. The molecule has 26 heavy (non-hydrogen) atoms. The van der Waals surface area contributed by atoms with Crippen LogP contribution in [0.25, 0.3) is 0 Å². The van der Waals surface area contributed by atoms with Gasteiger partial charge >= 0.3 is 0 Å². The Bertz CT molecular complexity index is 860. The first-order chi connectivity index (χ1) is 12.5. The van der Waals surface area contributed by atoms with Crippen LogP contribution in [0.5, 0.6) is 0 Å². The van der Waals surface area contributed by atoms with Crippen molar-refractivity contribution in [2.45, 2.75) is 22.6 Å². The van der Waals surface area contributed by atoms with Gasteiger partial charge in [-0.15, -0.1) is 11.8 Å². The van der Waals surface area contributed by atoms with E-state index in [0.29, 0.717) is 30.4 Å². The minimum Gasteiger partial charge on any atom is -0.356 e. The molecule has 2 aromatic rings. The van der Waals surface area contributed by atoms with Crippen molar-refractivity contribution in [2.24, 2.45) is 0 Å². The van der Waals surface area contributed by atoms with E-state index in [1.165, 1.54) is 16.6 Å². The fourth-order valence-corrected chi connectivity index (χ4v) is 5.10. The molecular formula is C17H20ClN3O3S2. The summed E-state index contributed by atoms with van der Waals surface area (Å²) in [5, 5.41) is 3.48. The molecule has 1 aromatic heterocycles. The molecule has 2 N–H and O–H groups in total. The number of amides is 1. The third-order valence-electron chi connectivity index (χ3n) is 4.07. The van der Waals surface area contributed by atoms with Gasteiger partial charge in [-0.3, -0.25) is 4.79 Å². The van der Waals surface area contributed by atoms with Gasteiger partial charge in [0.25, 0.3) is 5.91 Å². The third-order valence-corrected chi connectivity index (χ3v) is 7.22. The topological polar surface area (TPSA) is 82.3 Å². The third kappa shape index (κ3) is 4.62. The van der Waals surface area contributed by atoms with E-state index in [2.05, 4.69) is 10.3 Å². The van der Waals surface area contributed by atoms with Gasteiger partial charge in [-0.2, -0.15) is 4.31 Å². The number of nitrogens with zero attached hydrogens (tertiary/aromatic N) is 1. The molecule has 1 aliphatic heterocycles. The van der Waals surface area contributed by atoms with Crippen molar-refractivity contribution >= 4 is 39.3 Å². The number of hydrogen-bond donors (Lipinski definition) is 2. The van der Waals surface area contributed by atoms with E-state index in [-0.39, 0.29) is 16.5 Å². The van der Waals surface area contributed by atoms with Gasteiger partial charge in [0, 0.05) is 41.5 Å². The maximum absolute atomic E-state index is 12.5. The van der Waals surface area contributed by atoms with E-state index < -0.39 is 10.0 Å². The van der Waals surface area contributed by atoms with Crippen LogP contribution < -0.4 is 5.32 Å². The molecule has 0 spiro atoms. The summed E-state index contributed by atoms with van der Waals surface area (Å²) in [5.41, 5.74) is 0.249. The van der Waals surface area contributed by atoms with Crippen molar-refractivity contribution < 1.29 is 13.2 Å². The van der Waals surface area contributed by atoms with Crippen LogP contribution in [0.1, 0.15) is 23.3 Å². The van der Waals surface area contributed by atoms with E-state index in [1.807, 2.05) is 24.3 Å². The number of rotatable bonds is 7. The van der Waals surface area contributed by atoms with E-state index in [4.69, 9.17) is 11.6 Å². The van der Waals surface area contributed by atoms with Crippen LogP contribution in [0.3, 0.4) is 0 Å². The minimum absolute atomic E-state index is 0.139. The fourth-order valence-electron chi connectivity index (χ4n) is 2.69. The summed E-state index contributed by atoms with van der Waals surface area (Å²) >= 11 is 7.45. The van der Waals surface area contributed by atoms with Gasteiger partial charge in [0.2, 0.25) is 10.0 Å². The molecule has 0 radical (unpaired) electrons. The zero-order chi connectivity index (χ0) is 18.6. The molecule has 1 saturated heterocycles. The average Bonchev–Trinajstić information content (AvgIpc) is 3.32. The monoisotopic (exact) mass is 413 g/mol. The largest absolute Gasteiger partial charge is 0.356 e. The number of sulfonamides is 1. The maximum atomic E-state index is 12.5. The van der Waals surface area contributed by atoms with Crippen molar-refractivity contribution in [3.63, 3.8) is 0 Å². The van der Waals surface area contributed by atoms with Crippen LogP contribution >= 0.6 is 23.4 Å². The number of carbonyl (C=O) groups excluding carboxylic acids is 1. The van der Waals surface area contributed by atoms with Gasteiger partial charge in [0.15, 0.2) is 0 Å². The zero-order valence-electron chi connectivity index (χ0n) is 14.1. The summed E-state index contributed by atoms with van der Waals surface area (Å²) in [6.07, 6.45) is 3.13. The van der Waals surface area contributed by atoms with Gasteiger partial charge < -0.3 is 10.3 Å². The zero-order valence-corrected chi connectivity index (χ0v) is 16.5. The highest BCUT2D eigenvalue weighted by Crippen LogP contribution is 2.22. The van der Waals surface area contributed by atoms with Gasteiger partial charge in [0.05, 0.1) is 0 Å². The van der Waals surface area contributed by atoms with Crippen LogP contribution in [0, 0.1) is 0 Å². The second-order valence-electron chi connectivity index (χ2n) is 5.92. The molecule has 1 fully saturated rings. The summed E-state index contributed by atoms with van der Waals surface area (Å²) in [7, 11) is -3.51. The van der Waals surface area contributed by atoms with Crippen LogP contribution in [0.4, 0.5) is 0 Å². The molecule has 9 heteroatoms. The molecule has 0 aliphatic carbocycles. The summed E-state index contributed by atoms with van der Waals surface area (Å²) in [5.74, 6) is 0.386. The standard InChI is InChI=1S/C17H20ClN3O3S2/c18-13-3-5-14(6-4-13)25-10-7-19-17(22)16-11-15(12-20-16)26(23,24)21-8-1-2-9-21/h3-6,11-12,20H,1-2,7-10H2,(H,19,22). The molecule has 6 nitrogen and oxygen atoms in total. The van der Waals surface area contributed by atoms with Crippen LogP contribution in [-0.2, 0) is 10.0 Å². The lowest BCUT2D eigenvalue weighted by Crippen LogP contribution is -2.28. The molecule has 3 rings (SSSR count). The van der Waals surface area contributed by atoms with E-state index in [0.717, 1.165) is 17.7 Å². The Kier molecular flexibility index (Phi) is 6.29. The smallest absolute Gasteiger partial charge is 0.267 e. The Morgan fingerprint density at radius 1 is 1.23 bits per heavy atom. The van der Waals surface area contributed by atoms with E-state index >= 15 is 0 Å². The number of benzene rings is 1. The van der Waals surface area contributed by atoms with Crippen LogP contribution in [0.15, 0.2) is 46.3 Å². The molecule has 1 aromatic carbocycles. The highest BCUT2D eigenvalue weighted by molar-refractivity contribution is 7.99. The normalized spacial score (nSPS) is 15.3. The predicted octanol–water partition coefficient (Wildman–Crippen LogP) is 2.97. The molecular weight excluding hydrogens is 394 g/mol. The van der Waals surface area contributed by atoms with Crippen LogP contribution in [0.2, 0.25) is 5.02 Å². The Hall–Kier alpha value is -1.48. The van der Waals surface area contributed by atoms with Crippen molar-refractivity contribution in [2.75, 3.05) is 25.4 Å². The lowest BCUT2D eigenvalue weighted by molar-refractivity contribution is 0.0952. The Morgan fingerprint density at radius 3 is 2.62 bits per heavy atom. The molecule has 0 saturated carbocycles. The second kappa shape index (κ2) is 8.47.